The molecule has 6 nitrogen and oxygen atoms in total. The summed E-state index contributed by atoms with van der Waals surface area (Å²) in [6.45, 7) is 7.83. The molecule has 0 amide bonds. The molecule has 4 rings (SSSR count). The number of rotatable bonds is 4. The summed E-state index contributed by atoms with van der Waals surface area (Å²) in [5.41, 5.74) is 2.27. The molecule has 0 saturated carbocycles. The predicted molar refractivity (Wildman–Crippen MR) is 125 cm³/mol. The first-order valence-corrected chi connectivity index (χ1v) is 10.3. The Morgan fingerprint density at radius 1 is 1.19 bits per heavy atom. The van der Waals surface area contributed by atoms with E-state index in [1.807, 2.05) is 39.8 Å². The molecule has 2 aromatic carbocycles. The Bertz CT molecular complexity index is 1340. The van der Waals surface area contributed by atoms with Crippen LogP contribution in [0.1, 0.15) is 38.8 Å². The number of benzene rings is 2. The second-order valence-electron chi connectivity index (χ2n) is 8.66. The molecule has 0 aliphatic carbocycles. The van der Waals surface area contributed by atoms with Gasteiger partial charge in [-0.25, -0.2) is 0 Å². The quantitative estimate of drug-likeness (QED) is 0.522. The van der Waals surface area contributed by atoms with Crippen LogP contribution >= 0.6 is 0 Å². The lowest BCUT2D eigenvalue weighted by molar-refractivity contribution is 0.157. The first-order valence-electron chi connectivity index (χ1n) is 10.3. The van der Waals surface area contributed by atoms with Gasteiger partial charge < -0.3 is 24.1 Å². The van der Waals surface area contributed by atoms with E-state index in [2.05, 4.69) is 0 Å². The zero-order valence-electron chi connectivity index (χ0n) is 18.8. The van der Waals surface area contributed by atoms with Crippen molar-refractivity contribution in [3.8, 4) is 34.1 Å². The topological polar surface area (TPSA) is 89.1 Å². The number of phenolic OH excluding ortho intramolecular Hbond substituents is 2. The minimum atomic E-state index is -0.563. The Hall–Kier alpha value is -3.67. The monoisotopic (exact) mass is 434 g/mol. The standard InChI is InChI=1S/C26H26O6/c1-14(2)6-8-18-24-17(10-11-26(3,4)32-24)22(28)21-23(29)19(13-31-25(18)21)16-9-7-15(27)12-20(16)30-5/h6-7,9-13,27-28H,8H2,1-5H3. The molecule has 0 radical (unpaired) electrons. The highest BCUT2D eigenvalue weighted by Gasteiger charge is 2.30. The van der Waals surface area contributed by atoms with E-state index < -0.39 is 11.0 Å². The molecule has 0 spiro atoms. The van der Waals surface area contributed by atoms with Gasteiger partial charge in [0.05, 0.1) is 18.2 Å². The minimum Gasteiger partial charge on any atom is -0.508 e. The molecule has 2 heterocycles. The van der Waals surface area contributed by atoms with Gasteiger partial charge in [0, 0.05) is 17.2 Å². The SMILES string of the molecule is COc1cc(O)ccc1-c1coc2c(CC=C(C)C)c3c(c(O)c2c1=O)C=CC(C)(C)O3. The van der Waals surface area contributed by atoms with Gasteiger partial charge in [-0.05, 0) is 58.4 Å². The van der Waals surface area contributed by atoms with E-state index in [4.69, 9.17) is 13.9 Å². The van der Waals surface area contributed by atoms with Gasteiger partial charge in [0.1, 0.15) is 45.8 Å². The average molecular weight is 434 g/mol. The summed E-state index contributed by atoms with van der Waals surface area (Å²) in [5, 5.41) is 21.0. The molecule has 0 bridgehead atoms. The van der Waals surface area contributed by atoms with E-state index in [9.17, 15) is 15.0 Å². The van der Waals surface area contributed by atoms with Crippen LogP contribution in [0.25, 0.3) is 28.2 Å². The van der Waals surface area contributed by atoms with Crippen LogP contribution in [0.5, 0.6) is 23.0 Å². The van der Waals surface area contributed by atoms with E-state index in [0.29, 0.717) is 34.6 Å². The van der Waals surface area contributed by atoms with E-state index in [0.717, 1.165) is 5.57 Å². The number of phenols is 2. The van der Waals surface area contributed by atoms with Gasteiger partial charge in [-0.3, -0.25) is 4.79 Å². The minimum absolute atomic E-state index is 0.0154. The van der Waals surface area contributed by atoms with Crippen molar-refractivity contribution < 1.29 is 24.1 Å². The van der Waals surface area contributed by atoms with Crippen LogP contribution in [0.4, 0.5) is 0 Å². The summed E-state index contributed by atoms with van der Waals surface area (Å²) in [4.78, 5) is 13.6. The smallest absolute Gasteiger partial charge is 0.204 e. The van der Waals surface area contributed by atoms with Crippen LogP contribution in [-0.2, 0) is 6.42 Å². The van der Waals surface area contributed by atoms with Gasteiger partial charge in [0.25, 0.3) is 0 Å². The third kappa shape index (κ3) is 3.62. The number of hydrogen-bond donors (Lipinski definition) is 2. The second-order valence-corrected chi connectivity index (χ2v) is 8.66. The maximum atomic E-state index is 13.6. The van der Waals surface area contributed by atoms with Crippen molar-refractivity contribution in [2.75, 3.05) is 7.11 Å². The highest BCUT2D eigenvalue weighted by molar-refractivity contribution is 5.96. The lowest BCUT2D eigenvalue weighted by atomic mass is 9.93. The molecule has 6 heteroatoms. The van der Waals surface area contributed by atoms with Crippen LogP contribution in [-0.4, -0.2) is 22.9 Å². The highest BCUT2D eigenvalue weighted by atomic mass is 16.5. The third-order valence-corrected chi connectivity index (χ3v) is 5.48. The van der Waals surface area contributed by atoms with Crippen molar-refractivity contribution in [1.29, 1.82) is 0 Å². The lowest BCUT2D eigenvalue weighted by Gasteiger charge is -2.30. The van der Waals surface area contributed by atoms with Gasteiger partial charge in [-0.1, -0.05) is 11.6 Å². The van der Waals surface area contributed by atoms with Crippen LogP contribution < -0.4 is 14.9 Å². The molecule has 0 unspecified atom stereocenters. The normalized spacial score (nSPS) is 14.0. The number of ether oxygens (including phenoxy) is 2. The number of aromatic hydroxyl groups is 2. The van der Waals surface area contributed by atoms with Crippen LogP contribution in [0.3, 0.4) is 0 Å². The molecule has 32 heavy (non-hydrogen) atoms. The molecular weight excluding hydrogens is 408 g/mol. The van der Waals surface area contributed by atoms with Crippen molar-refractivity contribution in [3.63, 3.8) is 0 Å². The Balaban J connectivity index is 2.07. The summed E-state index contributed by atoms with van der Waals surface area (Å²) < 4.78 is 17.5. The fraction of sp³-hybridized carbons (Fsp3) is 0.269. The fourth-order valence-corrected chi connectivity index (χ4v) is 3.85. The fourth-order valence-electron chi connectivity index (χ4n) is 3.85. The Morgan fingerprint density at radius 2 is 1.94 bits per heavy atom. The van der Waals surface area contributed by atoms with Crippen molar-refractivity contribution in [3.05, 3.63) is 63.5 Å². The second kappa shape index (κ2) is 7.79. The first kappa shape index (κ1) is 21.6. The summed E-state index contributed by atoms with van der Waals surface area (Å²) >= 11 is 0. The van der Waals surface area contributed by atoms with E-state index in [1.165, 1.54) is 25.5 Å². The molecule has 0 atom stereocenters. The van der Waals surface area contributed by atoms with Gasteiger partial charge in [-0.15, -0.1) is 0 Å². The van der Waals surface area contributed by atoms with Gasteiger partial charge in [0.15, 0.2) is 0 Å². The van der Waals surface area contributed by atoms with Crippen LogP contribution in [0, 0.1) is 0 Å². The van der Waals surface area contributed by atoms with Gasteiger partial charge in [-0.2, -0.15) is 0 Å². The summed E-state index contributed by atoms with van der Waals surface area (Å²) in [6.07, 6.45) is 7.50. The Morgan fingerprint density at radius 3 is 2.62 bits per heavy atom. The van der Waals surface area contributed by atoms with Crippen molar-refractivity contribution in [1.82, 2.24) is 0 Å². The zero-order valence-corrected chi connectivity index (χ0v) is 18.8. The first-order chi connectivity index (χ1) is 15.1. The molecular formula is C26H26O6. The summed E-state index contributed by atoms with van der Waals surface area (Å²) in [5.74, 6) is 0.666. The van der Waals surface area contributed by atoms with Gasteiger partial charge in [0.2, 0.25) is 5.43 Å². The Kier molecular flexibility index (Phi) is 5.25. The van der Waals surface area contributed by atoms with Crippen molar-refractivity contribution in [2.45, 2.75) is 39.7 Å². The molecule has 1 aromatic heterocycles. The maximum absolute atomic E-state index is 13.6. The zero-order chi connectivity index (χ0) is 23.2. The average Bonchev–Trinajstić information content (AvgIpc) is 2.73. The maximum Gasteiger partial charge on any atom is 0.204 e. The number of fused-ring (bicyclic) bond motifs is 2. The summed E-state index contributed by atoms with van der Waals surface area (Å²) in [6, 6.07) is 4.47. The molecule has 2 N–H and O–H groups in total. The third-order valence-electron chi connectivity index (χ3n) is 5.48. The van der Waals surface area contributed by atoms with E-state index >= 15 is 0 Å². The Labute approximate surface area is 186 Å². The molecule has 0 fully saturated rings. The number of methoxy groups -OCH3 is 1. The molecule has 1 aliphatic rings. The van der Waals surface area contributed by atoms with Gasteiger partial charge >= 0.3 is 0 Å². The van der Waals surface area contributed by atoms with E-state index in [-0.39, 0.29) is 28.0 Å². The molecule has 1 aliphatic heterocycles. The number of allylic oxidation sites excluding steroid dienone is 2. The van der Waals surface area contributed by atoms with E-state index in [1.54, 1.807) is 12.1 Å². The molecule has 166 valence electrons. The van der Waals surface area contributed by atoms with Crippen molar-refractivity contribution in [2.24, 2.45) is 0 Å². The highest BCUT2D eigenvalue weighted by Crippen LogP contribution is 2.45. The number of hydrogen-bond acceptors (Lipinski definition) is 6. The molecule has 0 saturated heterocycles. The predicted octanol–water partition coefficient (Wildman–Crippen LogP) is 5.57. The summed E-state index contributed by atoms with van der Waals surface area (Å²) in [7, 11) is 1.45. The van der Waals surface area contributed by atoms with Crippen molar-refractivity contribution >= 4 is 17.0 Å². The van der Waals surface area contributed by atoms with Crippen LogP contribution in [0.2, 0.25) is 0 Å². The largest absolute Gasteiger partial charge is 0.508 e. The lowest BCUT2D eigenvalue weighted by Crippen LogP contribution is -2.28. The van der Waals surface area contributed by atoms with Crippen LogP contribution in [0.15, 0.2) is 51.4 Å². The molecule has 3 aromatic rings.